The predicted molar refractivity (Wildman–Crippen MR) is 91.7 cm³/mol. The van der Waals surface area contributed by atoms with Gasteiger partial charge in [0.2, 0.25) is 0 Å². The number of benzene rings is 2. The van der Waals surface area contributed by atoms with Crippen LogP contribution in [-0.4, -0.2) is 12.1 Å². The van der Waals surface area contributed by atoms with Crippen molar-refractivity contribution in [2.24, 2.45) is 0 Å². The summed E-state index contributed by atoms with van der Waals surface area (Å²) in [5.41, 5.74) is 2.62. The molecular formula is C19H19N3O2. The van der Waals surface area contributed by atoms with Gasteiger partial charge in [-0.05, 0) is 36.6 Å². The van der Waals surface area contributed by atoms with Crippen LogP contribution in [0.1, 0.15) is 24.0 Å². The van der Waals surface area contributed by atoms with Crippen LogP contribution >= 0.6 is 0 Å². The maximum atomic E-state index is 11.9. The summed E-state index contributed by atoms with van der Waals surface area (Å²) in [5, 5.41) is 14.5. The zero-order valence-electron chi connectivity index (χ0n) is 13.3. The van der Waals surface area contributed by atoms with Gasteiger partial charge in [0.25, 0.3) is 0 Å². The van der Waals surface area contributed by atoms with Crippen molar-refractivity contribution in [2.45, 2.75) is 31.9 Å². The molecule has 2 aromatic carbocycles. The lowest BCUT2D eigenvalue weighted by Crippen LogP contribution is -2.30. The average molecular weight is 321 g/mol. The Hall–Kier alpha value is -3.00. The predicted octanol–water partition coefficient (Wildman–Crippen LogP) is 3.62. The highest BCUT2D eigenvalue weighted by Crippen LogP contribution is 2.21. The van der Waals surface area contributed by atoms with Gasteiger partial charge in [-0.25, -0.2) is 4.79 Å². The second-order valence-corrected chi connectivity index (χ2v) is 5.80. The van der Waals surface area contributed by atoms with Crippen molar-refractivity contribution in [3.8, 4) is 11.8 Å². The number of carbonyl (C=O) groups is 1. The third kappa shape index (κ3) is 4.50. The van der Waals surface area contributed by atoms with Crippen molar-refractivity contribution in [1.82, 2.24) is 5.32 Å². The number of hydrogen-bond acceptors (Lipinski definition) is 3. The Morgan fingerprint density at radius 3 is 2.62 bits per heavy atom. The standard InChI is InChI=1S/C19H19N3O2/c20-12-11-14-5-9-17(10-6-14)24-13-15-3-1-2-4-18(15)22-19(23)21-16-7-8-16/h1-6,9-10,16H,7-8,11,13H2,(H2,21,22,23). The molecule has 0 aliphatic heterocycles. The highest BCUT2D eigenvalue weighted by Gasteiger charge is 2.23. The average Bonchev–Trinajstić information content (AvgIpc) is 3.39. The van der Waals surface area contributed by atoms with E-state index >= 15 is 0 Å². The molecule has 2 aromatic rings. The molecule has 3 rings (SSSR count). The van der Waals surface area contributed by atoms with E-state index in [4.69, 9.17) is 10.00 Å². The number of rotatable bonds is 6. The minimum Gasteiger partial charge on any atom is -0.489 e. The first-order valence-electron chi connectivity index (χ1n) is 7.99. The van der Waals surface area contributed by atoms with Gasteiger partial charge in [0.15, 0.2) is 0 Å². The number of para-hydroxylation sites is 1. The number of carbonyl (C=O) groups excluding carboxylic acids is 1. The fourth-order valence-corrected chi connectivity index (χ4v) is 2.30. The third-order valence-corrected chi connectivity index (χ3v) is 3.78. The van der Waals surface area contributed by atoms with Crippen LogP contribution in [0, 0.1) is 11.3 Å². The third-order valence-electron chi connectivity index (χ3n) is 3.78. The topological polar surface area (TPSA) is 74.1 Å². The minimum atomic E-state index is -0.175. The number of urea groups is 1. The molecule has 5 heteroatoms. The van der Waals surface area contributed by atoms with Gasteiger partial charge in [0, 0.05) is 17.3 Å². The summed E-state index contributed by atoms with van der Waals surface area (Å²) in [6, 6.07) is 17.3. The number of ether oxygens (including phenoxy) is 1. The first-order valence-corrected chi connectivity index (χ1v) is 7.99. The van der Waals surface area contributed by atoms with Crippen molar-refractivity contribution in [2.75, 3.05) is 5.32 Å². The van der Waals surface area contributed by atoms with Crippen molar-refractivity contribution >= 4 is 11.7 Å². The fraction of sp³-hybridized carbons (Fsp3) is 0.263. The van der Waals surface area contributed by atoms with Crippen molar-refractivity contribution < 1.29 is 9.53 Å². The number of anilines is 1. The zero-order valence-corrected chi connectivity index (χ0v) is 13.3. The molecule has 0 atom stereocenters. The summed E-state index contributed by atoms with van der Waals surface area (Å²) >= 11 is 0. The monoisotopic (exact) mass is 321 g/mol. The lowest BCUT2D eigenvalue weighted by Gasteiger charge is -2.13. The molecule has 0 radical (unpaired) electrons. The molecular weight excluding hydrogens is 302 g/mol. The highest BCUT2D eigenvalue weighted by molar-refractivity contribution is 5.90. The van der Waals surface area contributed by atoms with Crippen LogP contribution in [0.3, 0.4) is 0 Å². The van der Waals surface area contributed by atoms with Crippen LogP contribution < -0.4 is 15.4 Å². The van der Waals surface area contributed by atoms with Gasteiger partial charge in [-0.2, -0.15) is 5.26 Å². The van der Waals surface area contributed by atoms with Crippen LogP contribution in [0.2, 0.25) is 0 Å². The Balaban J connectivity index is 1.60. The van der Waals surface area contributed by atoms with Gasteiger partial charge in [-0.1, -0.05) is 30.3 Å². The largest absolute Gasteiger partial charge is 0.489 e. The molecule has 0 spiro atoms. The van der Waals surface area contributed by atoms with Gasteiger partial charge >= 0.3 is 6.03 Å². The maximum absolute atomic E-state index is 11.9. The van der Waals surface area contributed by atoms with Crippen LogP contribution in [0.25, 0.3) is 0 Å². The summed E-state index contributed by atoms with van der Waals surface area (Å²) in [6.45, 7) is 0.359. The summed E-state index contributed by atoms with van der Waals surface area (Å²) in [6.07, 6.45) is 2.50. The number of hydrogen-bond donors (Lipinski definition) is 2. The van der Waals surface area contributed by atoms with Gasteiger partial charge in [-0.15, -0.1) is 0 Å². The van der Waals surface area contributed by atoms with E-state index in [-0.39, 0.29) is 6.03 Å². The maximum Gasteiger partial charge on any atom is 0.319 e. The van der Waals surface area contributed by atoms with Crippen molar-refractivity contribution in [3.05, 3.63) is 59.7 Å². The van der Waals surface area contributed by atoms with Crippen LogP contribution in [0.4, 0.5) is 10.5 Å². The Morgan fingerprint density at radius 2 is 1.92 bits per heavy atom. The summed E-state index contributed by atoms with van der Waals surface area (Å²) in [7, 11) is 0. The zero-order chi connectivity index (χ0) is 16.8. The van der Waals surface area contributed by atoms with E-state index in [0.717, 1.165) is 35.4 Å². The Labute approximate surface area is 141 Å². The first kappa shape index (κ1) is 15.9. The second kappa shape index (κ2) is 7.51. The van der Waals surface area contributed by atoms with E-state index in [1.54, 1.807) is 0 Å². The molecule has 1 fully saturated rings. The molecule has 1 aliphatic rings. The molecule has 2 N–H and O–H groups in total. The van der Waals surface area contributed by atoms with Crippen molar-refractivity contribution in [3.63, 3.8) is 0 Å². The van der Waals surface area contributed by atoms with Crippen LogP contribution in [0.15, 0.2) is 48.5 Å². The molecule has 0 unspecified atom stereocenters. The van der Waals surface area contributed by atoms with Crippen LogP contribution in [-0.2, 0) is 13.0 Å². The minimum absolute atomic E-state index is 0.175. The summed E-state index contributed by atoms with van der Waals surface area (Å²) < 4.78 is 5.79. The molecule has 5 nitrogen and oxygen atoms in total. The Bertz CT molecular complexity index is 746. The normalized spacial score (nSPS) is 13.0. The van der Waals surface area contributed by atoms with Gasteiger partial charge in [0.05, 0.1) is 12.5 Å². The first-order chi connectivity index (χ1) is 11.7. The molecule has 122 valence electrons. The SMILES string of the molecule is N#CCc1ccc(OCc2ccccc2NC(=O)NC2CC2)cc1. The van der Waals surface area contributed by atoms with Gasteiger partial charge in [0.1, 0.15) is 12.4 Å². The second-order valence-electron chi connectivity index (χ2n) is 5.80. The van der Waals surface area contributed by atoms with E-state index in [0.29, 0.717) is 19.1 Å². The van der Waals surface area contributed by atoms with Gasteiger partial charge < -0.3 is 15.4 Å². The van der Waals surface area contributed by atoms with E-state index in [2.05, 4.69) is 16.7 Å². The molecule has 0 heterocycles. The van der Waals surface area contributed by atoms with Crippen LogP contribution in [0.5, 0.6) is 5.75 Å². The fourth-order valence-electron chi connectivity index (χ4n) is 2.30. The number of nitrogens with zero attached hydrogens (tertiary/aromatic N) is 1. The summed E-state index contributed by atoms with van der Waals surface area (Å²) in [4.78, 5) is 11.9. The highest BCUT2D eigenvalue weighted by atomic mass is 16.5. The van der Waals surface area contributed by atoms with E-state index in [1.807, 2.05) is 48.5 Å². The van der Waals surface area contributed by atoms with Crippen molar-refractivity contribution in [1.29, 1.82) is 5.26 Å². The Morgan fingerprint density at radius 1 is 1.17 bits per heavy atom. The Kier molecular flexibility index (Phi) is 4.97. The molecule has 0 aromatic heterocycles. The molecule has 0 saturated heterocycles. The lowest BCUT2D eigenvalue weighted by atomic mass is 10.1. The number of amides is 2. The lowest BCUT2D eigenvalue weighted by molar-refractivity contribution is 0.251. The molecule has 24 heavy (non-hydrogen) atoms. The van der Waals surface area contributed by atoms with E-state index in [1.165, 1.54) is 0 Å². The van der Waals surface area contributed by atoms with E-state index < -0.39 is 0 Å². The smallest absolute Gasteiger partial charge is 0.319 e. The van der Waals surface area contributed by atoms with Gasteiger partial charge in [-0.3, -0.25) is 0 Å². The number of nitrogens with one attached hydrogen (secondary N) is 2. The molecule has 0 bridgehead atoms. The van der Waals surface area contributed by atoms with E-state index in [9.17, 15) is 4.79 Å². The molecule has 2 amide bonds. The summed E-state index contributed by atoms with van der Waals surface area (Å²) in [5.74, 6) is 0.730. The molecule has 1 aliphatic carbocycles. The quantitative estimate of drug-likeness (QED) is 0.853. The number of nitriles is 1. The molecule has 1 saturated carbocycles.